The van der Waals surface area contributed by atoms with Gasteiger partial charge in [0.1, 0.15) is 0 Å². The van der Waals surface area contributed by atoms with Crippen LogP contribution in [0.5, 0.6) is 0 Å². The minimum absolute atomic E-state index is 0. The highest BCUT2D eigenvalue weighted by Gasteiger charge is 2.24. The van der Waals surface area contributed by atoms with Crippen molar-refractivity contribution < 1.29 is 4.79 Å². The molecular formula is C16H25ClN2O. The summed E-state index contributed by atoms with van der Waals surface area (Å²) in [5.41, 5.74) is 8.55. The van der Waals surface area contributed by atoms with E-state index in [1.54, 1.807) is 0 Å². The Morgan fingerprint density at radius 2 is 2.05 bits per heavy atom. The van der Waals surface area contributed by atoms with Crippen molar-refractivity contribution in [3.05, 3.63) is 35.4 Å². The predicted octanol–water partition coefficient (Wildman–Crippen LogP) is 2.55. The lowest BCUT2D eigenvalue weighted by Crippen LogP contribution is -2.40. The number of fused-ring (bicyclic) bond motifs is 1. The Morgan fingerprint density at radius 3 is 2.70 bits per heavy atom. The summed E-state index contributed by atoms with van der Waals surface area (Å²) < 4.78 is 0. The zero-order valence-electron chi connectivity index (χ0n) is 12.3. The fourth-order valence-corrected chi connectivity index (χ4v) is 2.74. The number of nitrogens with two attached hydrogens (primary N) is 1. The second-order valence-electron chi connectivity index (χ2n) is 5.69. The molecule has 2 N–H and O–H groups in total. The zero-order valence-corrected chi connectivity index (χ0v) is 13.2. The lowest BCUT2D eigenvalue weighted by molar-refractivity contribution is -0.132. The van der Waals surface area contributed by atoms with Crippen molar-refractivity contribution in [2.24, 2.45) is 5.73 Å². The largest absolute Gasteiger partial charge is 0.342 e. The molecule has 0 radical (unpaired) electrons. The van der Waals surface area contributed by atoms with Crippen LogP contribution in [0, 0.1) is 0 Å². The number of amides is 1. The third kappa shape index (κ3) is 4.22. The number of benzene rings is 1. The molecule has 0 aliphatic heterocycles. The van der Waals surface area contributed by atoms with Gasteiger partial charge in [-0.15, -0.1) is 12.4 Å². The van der Waals surface area contributed by atoms with Crippen LogP contribution in [0.1, 0.15) is 37.3 Å². The number of carbonyl (C=O) groups is 1. The van der Waals surface area contributed by atoms with Gasteiger partial charge in [-0.3, -0.25) is 4.79 Å². The second-order valence-corrected chi connectivity index (χ2v) is 5.69. The highest BCUT2D eigenvalue weighted by atomic mass is 35.5. The normalized spacial score (nSPS) is 18.6. The van der Waals surface area contributed by atoms with Gasteiger partial charge in [0.2, 0.25) is 5.91 Å². The molecule has 3 nitrogen and oxygen atoms in total. The molecule has 0 spiro atoms. The maximum absolute atomic E-state index is 12.1. The standard InChI is InChI=1S/C16H24N2O.ClH/c1-12(17)7-10-16(19)18(2)15-9-8-13-5-3-4-6-14(13)11-15;/h3-6,12,15H,7-11,17H2,1-2H3;1H. The van der Waals surface area contributed by atoms with Gasteiger partial charge in [0, 0.05) is 25.6 Å². The Hall–Kier alpha value is -1.06. The van der Waals surface area contributed by atoms with Crippen molar-refractivity contribution in [2.75, 3.05) is 7.05 Å². The van der Waals surface area contributed by atoms with E-state index in [1.807, 2.05) is 18.9 Å². The van der Waals surface area contributed by atoms with Crippen molar-refractivity contribution in [1.29, 1.82) is 0 Å². The van der Waals surface area contributed by atoms with Gasteiger partial charge in [-0.2, -0.15) is 0 Å². The van der Waals surface area contributed by atoms with E-state index in [4.69, 9.17) is 5.73 Å². The molecule has 1 aliphatic rings. The van der Waals surface area contributed by atoms with Crippen LogP contribution in [0.15, 0.2) is 24.3 Å². The second kappa shape index (κ2) is 7.65. The predicted molar refractivity (Wildman–Crippen MR) is 85.2 cm³/mol. The molecule has 20 heavy (non-hydrogen) atoms. The Labute approximate surface area is 127 Å². The number of hydrogen-bond donors (Lipinski definition) is 1. The van der Waals surface area contributed by atoms with E-state index in [1.165, 1.54) is 11.1 Å². The molecule has 2 atom stereocenters. The first-order valence-corrected chi connectivity index (χ1v) is 7.16. The van der Waals surface area contributed by atoms with Crippen LogP contribution in [0.25, 0.3) is 0 Å². The number of rotatable bonds is 4. The molecule has 1 aromatic rings. The monoisotopic (exact) mass is 296 g/mol. The lowest BCUT2D eigenvalue weighted by Gasteiger charge is -2.32. The first-order valence-electron chi connectivity index (χ1n) is 7.16. The maximum Gasteiger partial charge on any atom is 0.222 e. The van der Waals surface area contributed by atoms with E-state index in [0.717, 1.165) is 25.7 Å². The van der Waals surface area contributed by atoms with Gasteiger partial charge in [-0.25, -0.2) is 0 Å². The van der Waals surface area contributed by atoms with Gasteiger partial charge in [0.05, 0.1) is 0 Å². The summed E-state index contributed by atoms with van der Waals surface area (Å²) >= 11 is 0. The van der Waals surface area contributed by atoms with Gasteiger partial charge in [-0.05, 0) is 43.7 Å². The van der Waals surface area contributed by atoms with Crippen molar-refractivity contribution in [2.45, 2.75) is 51.1 Å². The van der Waals surface area contributed by atoms with Crippen LogP contribution in [0.3, 0.4) is 0 Å². The summed E-state index contributed by atoms with van der Waals surface area (Å²) in [5, 5.41) is 0. The number of carbonyl (C=O) groups excluding carboxylic acids is 1. The van der Waals surface area contributed by atoms with E-state index in [0.29, 0.717) is 12.5 Å². The van der Waals surface area contributed by atoms with Crippen LogP contribution in [0.4, 0.5) is 0 Å². The highest BCUT2D eigenvalue weighted by Crippen LogP contribution is 2.24. The summed E-state index contributed by atoms with van der Waals surface area (Å²) in [5.74, 6) is 0.224. The van der Waals surface area contributed by atoms with Crippen LogP contribution in [0.2, 0.25) is 0 Å². The molecule has 112 valence electrons. The van der Waals surface area contributed by atoms with E-state index in [-0.39, 0.29) is 24.4 Å². The molecule has 1 amide bonds. The molecule has 0 fully saturated rings. The molecule has 0 bridgehead atoms. The van der Waals surface area contributed by atoms with Crippen molar-refractivity contribution in [3.63, 3.8) is 0 Å². The van der Waals surface area contributed by atoms with E-state index < -0.39 is 0 Å². The Kier molecular flexibility index (Phi) is 6.50. The number of aryl methyl sites for hydroxylation is 1. The van der Waals surface area contributed by atoms with Gasteiger partial charge in [0.15, 0.2) is 0 Å². The average molecular weight is 297 g/mol. The maximum atomic E-state index is 12.1. The van der Waals surface area contributed by atoms with Crippen LogP contribution in [-0.4, -0.2) is 29.9 Å². The Morgan fingerprint density at radius 1 is 1.40 bits per heavy atom. The quantitative estimate of drug-likeness (QED) is 0.928. The fraction of sp³-hybridized carbons (Fsp3) is 0.562. The molecule has 2 rings (SSSR count). The van der Waals surface area contributed by atoms with Crippen molar-refractivity contribution >= 4 is 18.3 Å². The number of halogens is 1. The Bertz CT molecular complexity index is 448. The molecular weight excluding hydrogens is 272 g/mol. The minimum Gasteiger partial charge on any atom is -0.342 e. The van der Waals surface area contributed by atoms with Gasteiger partial charge >= 0.3 is 0 Å². The van der Waals surface area contributed by atoms with Crippen LogP contribution in [-0.2, 0) is 17.6 Å². The van der Waals surface area contributed by atoms with Crippen molar-refractivity contribution in [1.82, 2.24) is 4.90 Å². The number of likely N-dealkylation sites (N-methyl/N-ethyl adjacent to an activating group) is 1. The lowest BCUT2D eigenvalue weighted by atomic mass is 9.87. The Balaban J connectivity index is 0.00000200. The summed E-state index contributed by atoms with van der Waals surface area (Å²) in [7, 11) is 1.93. The molecule has 0 saturated carbocycles. The van der Waals surface area contributed by atoms with E-state index >= 15 is 0 Å². The molecule has 0 aromatic heterocycles. The molecule has 4 heteroatoms. The molecule has 0 heterocycles. The van der Waals surface area contributed by atoms with Crippen LogP contribution < -0.4 is 5.73 Å². The highest BCUT2D eigenvalue weighted by molar-refractivity contribution is 5.85. The summed E-state index contributed by atoms with van der Waals surface area (Å²) in [4.78, 5) is 14.1. The van der Waals surface area contributed by atoms with Crippen LogP contribution >= 0.6 is 12.4 Å². The molecule has 1 aliphatic carbocycles. The van der Waals surface area contributed by atoms with Gasteiger partial charge in [0.25, 0.3) is 0 Å². The molecule has 0 saturated heterocycles. The van der Waals surface area contributed by atoms with Gasteiger partial charge < -0.3 is 10.6 Å². The topological polar surface area (TPSA) is 46.3 Å². The minimum atomic E-state index is 0. The number of hydrogen-bond acceptors (Lipinski definition) is 2. The molecule has 2 unspecified atom stereocenters. The SMILES string of the molecule is CC(N)CCC(=O)N(C)C1CCc2ccccc2C1.Cl. The van der Waals surface area contributed by atoms with Crippen molar-refractivity contribution in [3.8, 4) is 0 Å². The summed E-state index contributed by atoms with van der Waals surface area (Å²) in [6.07, 6.45) is 4.46. The first kappa shape index (κ1) is 17.0. The summed E-state index contributed by atoms with van der Waals surface area (Å²) in [6, 6.07) is 9.00. The van der Waals surface area contributed by atoms with E-state index in [2.05, 4.69) is 24.3 Å². The number of nitrogens with zero attached hydrogens (tertiary/aromatic N) is 1. The fourth-order valence-electron chi connectivity index (χ4n) is 2.74. The third-order valence-electron chi connectivity index (χ3n) is 4.08. The first-order chi connectivity index (χ1) is 9.08. The van der Waals surface area contributed by atoms with E-state index in [9.17, 15) is 4.79 Å². The van der Waals surface area contributed by atoms with Gasteiger partial charge in [-0.1, -0.05) is 24.3 Å². The zero-order chi connectivity index (χ0) is 13.8. The summed E-state index contributed by atoms with van der Waals surface area (Å²) in [6.45, 7) is 1.95. The third-order valence-corrected chi connectivity index (χ3v) is 4.08. The average Bonchev–Trinajstić information content (AvgIpc) is 2.43. The molecule has 1 aromatic carbocycles. The smallest absolute Gasteiger partial charge is 0.222 e.